The summed E-state index contributed by atoms with van der Waals surface area (Å²) in [6.07, 6.45) is -0.0166. The predicted octanol–water partition coefficient (Wildman–Crippen LogP) is 1.49. The van der Waals surface area contributed by atoms with Crippen molar-refractivity contribution in [2.75, 3.05) is 6.61 Å². The molecular formula is C9H10F3NO. The van der Waals surface area contributed by atoms with Crippen LogP contribution in [-0.2, 0) is 0 Å². The second-order valence-electron chi connectivity index (χ2n) is 2.88. The molecule has 1 aromatic carbocycles. The summed E-state index contributed by atoms with van der Waals surface area (Å²) in [6, 6.07) is 0.473. The fourth-order valence-corrected chi connectivity index (χ4v) is 1.17. The molecule has 78 valence electrons. The fraction of sp³-hybridized carbons (Fsp3) is 0.333. The van der Waals surface area contributed by atoms with Gasteiger partial charge in [0.05, 0.1) is 0 Å². The van der Waals surface area contributed by atoms with Gasteiger partial charge in [0.2, 0.25) is 0 Å². The van der Waals surface area contributed by atoms with Gasteiger partial charge < -0.3 is 10.8 Å². The summed E-state index contributed by atoms with van der Waals surface area (Å²) in [4.78, 5) is 0. The molecule has 0 aliphatic carbocycles. The van der Waals surface area contributed by atoms with Crippen LogP contribution in [0.15, 0.2) is 12.1 Å². The largest absolute Gasteiger partial charge is 0.396 e. The van der Waals surface area contributed by atoms with Crippen molar-refractivity contribution in [2.45, 2.75) is 12.5 Å². The van der Waals surface area contributed by atoms with E-state index in [-0.39, 0.29) is 13.0 Å². The summed E-state index contributed by atoms with van der Waals surface area (Å²) in [6.45, 7) is -0.309. The molecule has 0 unspecified atom stereocenters. The van der Waals surface area contributed by atoms with Crippen LogP contribution in [-0.4, -0.2) is 11.7 Å². The van der Waals surface area contributed by atoms with E-state index >= 15 is 0 Å². The van der Waals surface area contributed by atoms with Crippen molar-refractivity contribution in [3.05, 3.63) is 35.1 Å². The maximum absolute atomic E-state index is 13.1. The maximum atomic E-state index is 13.1. The van der Waals surface area contributed by atoms with Crippen LogP contribution in [0.5, 0.6) is 0 Å². The van der Waals surface area contributed by atoms with Gasteiger partial charge in [-0.1, -0.05) is 0 Å². The van der Waals surface area contributed by atoms with Gasteiger partial charge in [0, 0.05) is 18.2 Å². The lowest BCUT2D eigenvalue weighted by Gasteiger charge is -2.12. The predicted molar refractivity (Wildman–Crippen MR) is 44.9 cm³/mol. The van der Waals surface area contributed by atoms with Crippen LogP contribution in [0.4, 0.5) is 13.2 Å². The molecule has 1 rings (SSSR count). The van der Waals surface area contributed by atoms with Crippen molar-refractivity contribution in [2.24, 2.45) is 5.73 Å². The SMILES string of the molecule is N[C@@H](CCO)c1c(F)ccc(F)c1F. The van der Waals surface area contributed by atoms with Crippen LogP contribution in [0, 0.1) is 17.5 Å². The Balaban J connectivity index is 3.11. The van der Waals surface area contributed by atoms with Crippen LogP contribution < -0.4 is 5.73 Å². The molecular weight excluding hydrogens is 195 g/mol. The lowest BCUT2D eigenvalue weighted by molar-refractivity contribution is 0.273. The minimum atomic E-state index is -1.29. The molecule has 0 aliphatic rings. The number of aliphatic hydroxyl groups excluding tert-OH is 1. The van der Waals surface area contributed by atoms with Gasteiger partial charge in [-0.3, -0.25) is 0 Å². The van der Waals surface area contributed by atoms with E-state index in [1.807, 2.05) is 0 Å². The normalized spacial score (nSPS) is 12.9. The molecule has 0 bridgehead atoms. The Morgan fingerprint density at radius 1 is 1.21 bits per heavy atom. The third-order valence-electron chi connectivity index (χ3n) is 1.89. The van der Waals surface area contributed by atoms with Crippen LogP contribution >= 0.6 is 0 Å². The molecule has 14 heavy (non-hydrogen) atoms. The number of benzene rings is 1. The summed E-state index contributed by atoms with van der Waals surface area (Å²) in [5.74, 6) is -3.33. The van der Waals surface area contributed by atoms with Gasteiger partial charge in [-0.15, -0.1) is 0 Å². The molecule has 1 atom stereocenters. The Kier molecular flexibility index (Phi) is 3.49. The van der Waals surface area contributed by atoms with E-state index in [1.165, 1.54) is 0 Å². The van der Waals surface area contributed by atoms with E-state index in [9.17, 15) is 13.2 Å². The van der Waals surface area contributed by atoms with Crippen LogP contribution in [0.1, 0.15) is 18.0 Å². The lowest BCUT2D eigenvalue weighted by atomic mass is 10.0. The van der Waals surface area contributed by atoms with Crippen molar-refractivity contribution in [3.8, 4) is 0 Å². The molecule has 5 heteroatoms. The molecule has 0 heterocycles. The van der Waals surface area contributed by atoms with E-state index < -0.39 is 29.1 Å². The Morgan fingerprint density at radius 3 is 2.36 bits per heavy atom. The van der Waals surface area contributed by atoms with Gasteiger partial charge in [0.15, 0.2) is 11.6 Å². The van der Waals surface area contributed by atoms with Crippen LogP contribution in [0.3, 0.4) is 0 Å². The van der Waals surface area contributed by atoms with E-state index in [4.69, 9.17) is 10.8 Å². The average molecular weight is 205 g/mol. The second kappa shape index (κ2) is 4.43. The van der Waals surface area contributed by atoms with Gasteiger partial charge >= 0.3 is 0 Å². The van der Waals surface area contributed by atoms with Crippen molar-refractivity contribution < 1.29 is 18.3 Å². The summed E-state index contributed by atoms with van der Waals surface area (Å²) in [7, 11) is 0. The zero-order chi connectivity index (χ0) is 10.7. The van der Waals surface area contributed by atoms with Crippen molar-refractivity contribution >= 4 is 0 Å². The van der Waals surface area contributed by atoms with Gasteiger partial charge in [-0.2, -0.15) is 0 Å². The monoisotopic (exact) mass is 205 g/mol. The summed E-state index contributed by atoms with van der Waals surface area (Å²) in [5.41, 5.74) is 4.85. The maximum Gasteiger partial charge on any atom is 0.166 e. The topological polar surface area (TPSA) is 46.2 Å². The molecule has 0 spiro atoms. The third-order valence-corrected chi connectivity index (χ3v) is 1.89. The number of aliphatic hydroxyl groups is 1. The highest BCUT2D eigenvalue weighted by molar-refractivity contribution is 5.24. The van der Waals surface area contributed by atoms with Crippen molar-refractivity contribution in [1.29, 1.82) is 0 Å². The molecule has 0 aliphatic heterocycles. The standard InChI is InChI=1S/C9H10F3NO/c10-5-1-2-6(11)9(12)8(5)7(13)3-4-14/h1-2,7,14H,3-4,13H2/t7-/m0/s1. The Labute approximate surface area is 79.2 Å². The van der Waals surface area contributed by atoms with E-state index in [1.54, 1.807) is 0 Å². The van der Waals surface area contributed by atoms with Crippen LogP contribution in [0.2, 0.25) is 0 Å². The number of hydrogen-bond donors (Lipinski definition) is 2. The van der Waals surface area contributed by atoms with E-state index in [2.05, 4.69) is 0 Å². The molecule has 2 nitrogen and oxygen atoms in total. The van der Waals surface area contributed by atoms with Crippen LogP contribution in [0.25, 0.3) is 0 Å². The quantitative estimate of drug-likeness (QED) is 0.734. The van der Waals surface area contributed by atoms with Gasteiger partial charge in [-0.05, 0) is 18.6 Å². The minimum Gasteiger partial charge on any atom is -0.396 e. The highest BCUT2D eigenvalue weighted by Gasteiger charge is 2.19. The number of rotatable bonds is 3. The zero-order valence-electron chi connectivity index (χ0n) is 7.30. The summed E-state index contributed by atoms with van der Waals surface area (Å²) >= 11 is 0. The third kappa shape index (κ3) is 2.05. The Bertz CT molecular complexity index is 330. The number of halogens is 3. The number of nitrogens with two attached hydrogens (primary N) is 1. The first kappa shape index (κ1) is 11.0. The van der Waals surface area contributed by atoms with Gasteiger partial charge in [-0.25, -0.2) is 13.2 Å². The Hall–Kier alpha value is -1.07. The zero-order valence-corrected chi connectivity index (χ0v) is 7.30. The van der Waals surface area contributed by atoms with Gasteiger partial charge in [0.1, 0.15) is 5.82 Å². The molecule has 0 fully saturated rings. The summed E-state index contributed by atoms with van der Waals surface area (Å²) in [5, 5.41) is 8.53. The lowest BCUT2D eigenvalue weighted by Crippen LogP contribution is -2.16. The molecule has 3 N–H and O–H groups in total. The molecule has 1 aromatic rings. The smallest absolute Gasteiger partial charge is 0.166 e. The van der Waals surface area contributed by atoms with Crippen molar-refractivity contribution in [1.82, 2.24) is 0 Å². The molecule has 0 radical (unpaired) electrons. The number of hydrogen-bond acceptors (Lipinski definition) is 2. The highest BCUT2D eigenvalue weighted by Crippen LogP contribution is 2.22. The van der Waals surface area contributed by atoms with E-state index in [0.717, 1.165) is 6.07 Å². The average Bonchev–Trinajstić information content (AvgIpc) is 2.13. The van der Waals surface area contributed by atoms with Gasteiger partial charge in [0.25, 0.3) is 0 Å². The van der Waals surface area contributed by atoms with Crippen molar-refractivity contribution in [3.63, 3.8) is 0 Å². The fourth-order valence-electron chi connectivity index (χ4n) is 1.17. The molecule has 0 amide bonds. The highest BCUT2D eigenvalue weighted by atomic mass is 19.2. The first-order chi connectivity index (χ1) is 6.57. The molecule has 0 aromatic heterocycles. The molecule has 0 saturated carbocycles. The minimum absolute atomic E-state index is 0.0166. The first-order valence-electron chi connectivity index (χ1n) is 4.07. The molecule has 0 saturated heterocycles. The first-order valence-corrected chi connectivity index (χ1v) is 4.07. The Morgan fingerprint density at radius 2 is 1.79 bits per heavy atom. The second-order valence-corrected chi connectivity index (χ2v) is 2.88. The summed E-state index contributed by atoms with van der Waals surface area (Å²) < 4.78 is 38.8. The van der Waals surface area contributed by atoms with E-state index in [0.29, 0.717) is 6.07 Å².